The summed E-state index contributed by atoms with van der Waals surface area (Å²) in [6.45, 7) is 4.98. The Hall–Kier alpha value is -4.16. The normalized spacial score (nSPS) is 29.6. The largest absolute Gasteiger partial charge is 0.494 e. The van der Waals surface area contributed by atoms with Crippen LogP contribution in [0.1, 0.15) is 13.8 Å². The minimum Gasteiger partial charge on any atom is -0.494 e. The van der Waals surface area contributed by atoms with Crippen LogP contribution in [0.25, 0.3) is 11.0 Å². The number of carbonyl (C=O) groups is 3. The molecule has 1 aromatic heterocycles. The van der Waals surface area contributed by atoms with Gasteiger partial charge in [-0.25, -0.2) is 4.68 Å². The molecule has 0 bridgehead atoms. The van der Waals surface area contributed by atoms with Gasteiger partial charge < -0.3 is 24.5 Å². The molecule has 1 unspecified atom stereocenters. The number of thioether (sulfide) groups is 1. The van der Waals surface area contributed by atoms with Crippen molar-refractivity contribution >= 4 is 46.2 Å². The third-order valence-electron chi connectivity index (χ3n) is 9.17. The van der Waals surface area contributed by atoms with Crippen molar-refractivity contribution in [1.82, 2.24) is 24.8 Å². The third-order valence-corrected chi connectivity index (χ3v) is 11.0. The van der Waals surface area contributed by atoms with Crippen molar-refractivity contribution in [2.24, 2.45) is 11.8 Å². The van der Waals surface area contributed by atoms with E-state index >= 15 is 0 Å². The lowest BCUT2D eigenvalue weighted by molar-refractivity contribution is -0.144. The summed E-state index contributed by atoms with van der Waals surface area (Å²) in [6, 6.07) is 14.0. The van der Waals surface area contributed by atoms with Gasteiger partial charge in [0, 0.05) is 30.1 Å². The smallest absolute Gasteiger partial charge is 0.248 e. The number of hydrogen-bond acceptors (Lipinski definition) is 8. The first-order valence-electron chi connectivity index (χ1n) is 14.9. The summed E-state index contributed by atoms with van der Waals surface area (Å²) in [6.07, 6.45) is 7.92. The Morgan fingerprint density at radius 3 is 2.52 bits per heavy atom. The molecule has 1 N–H and O–H groups in total. The molecule has 4 aliphatic heterocycles. The van der Waals surface area contributed by atoms with Crippen molar-refractivity contribution in [3.63, 3.8) is 0 Å². The highest BCUT2D eigenvalue weighted by Crippen LogP contribution is 2.65. The molecule has 44 heavy (non-hydrogen) atoms. The average molecular weight is 615 g/mol. The lowest BCUT2D eigenvalue weighted by Crippen LogP contribution is -2.54. The Kier molecular flexibility index (Phi) is 7.00. The SMILES string of the molecule is CCOc1ccc(N2CC=C[C@@]3(C)S[C@]45C=CCN(Cn6nnc7ccccc76)C(=O)C4N(CCO)C(=O)[C@@H]5[C@H]3C2=O)cc1. The molecule has 4 aliphatic rings. The lowest BCUT2D eigenvalue weighted by atomic mass is 9.74. The van der Waals surface area contributed by atoms with E-state index in [0.717, 1.165) is 11.0 Å². The molecule has 0 saturated carbocycles. The van der Waals surface area contributed by atoms with Gasteiger partial charge in [-0.1, -0.05) is 41.7 Å². The van der Waals surface area contributed by atoms with E-state index in [-0.39, 0.29) is 37.5 Å². The maximum Gasteiger partial charge on any atom is 0.248 e. The molecule has 5 heterocycles. The Morgan fingerprint density at radius 2 is 1.75 bits per heavy atom. The molecular formula is C32H34N6O5S. The zero-order valence-electron chi connectivity index (χ0n) is 24.6. The molecule has 2 saturated heterocycles. The topological polar surface area (TPSA) is 121 Å². The van der Waals surface area contributed by atoms with Crippen molar-refractivity contribution in [1.29, 1.82) is 0 Å². The number of aliphatic hydroxyl groups is 1. The van der Waals surface area contributed by atoms with E-state index < -0.39 is 27.4 Å². The van der Waals surface area contributed by atoms with Crippen LogP contribution in [0, 0.1) is 11.8 Å². The minimum atomic E-state index is -0.996. The number of nitrogens with zero attached hydrogens (tertiary/aromatic N) is 6. The molecule has 0 aliphatic carbocycles. The molecule has 12 heteroatoms. The van der Waals surface area contributed by atoms with Crippen molar-refractivity contribution in [3.05, 3.63) is 72.8 Å². The number of carbonyl (C=O) groups excluding carboxylic acids is 3. The molecular weight excluding hydrogens is 580 g/mol. The molecule has 1 spiro atoms. The van der Waals surface area contributed by atoms with Gasteiger partial charge in [0.15, 0.2) is 0 Å². The molecule has 7 rings (SSSR count). The fourth-order valence-electron chi connectivity index (χ4n) is 7.35. The minimum absolute atomic E-state index is 0.00193. The number of rotatable bonds is 7. The number of amides is 3. The van der Waals surface area contributed by atoms with E-state index in [1.165, 1.54) is 16.7 Å². The van der Waals surface area contributed by atoms with Gasteiger partial charge >= 0.3 is 0 Å². The summed E-state index contributed by atoms with van der Waals surface area (Å²) in [4.78, 5) is 48.3. The van der Waals surface area contributed by atoms with Crippen molar-refractivity contribution in [2.75, 3.05) is 37.7 Å². The van der Waals surface area contributed by atoms with Crippen LogP contribution in [0.4, 0.5) is 5.69 Å². The molecule has 5 atom stereocenters. The number of hydrogen-bond donors (Lipinski definition) is 1. The van der Waals surface area contributed by atoms with Crippen LogP contribution in [0.15, 0.2) is 72.8 Å². The second-order valence-electron chi connectivity index (χ2n) is 11.7. The number of benzene rings is 2. The Bertz CT molecular complexity index is 1690. The van der Waals surface area contributed by atoms with Crippen LogP contribution < -0.4 is 9.64 Å². The van der Waals surface area contributed by atoms with E-state index in [1.807, 2.05) is 86.7 Å². The monoisotopic (exact) mass is 614 g/mol. The average Bonchev–Trinajstić information content (AvgIpc) is 3.54. The number of aliphatic hydroxyl groups excluding tert-OH is 1. The molecule has 3 aromatic rings. The first kappa shape index (κ1) is 28.6. The molecule has 0 radical (unpaired) electrons. The first-order valence-corrected chi connectivity index (χ1v) is 15.7. The maximum absolute atomic E-state index is 14.5. The summed E-state index contributed by atoms with van der Waals surface area (Å²) < 4.78 is 5.54. The van der Waals surface area contributed by atoms with E-state index in [0.29, 0.717) is 31.1 Å². The summed E-state index contributed by atoms with van der Waals surface area (Å²) in [5, 5.41) is 18.5. The standard InChI is InChI=1S/C32H34N6O5S/c1-3-43-22-12-10-21(11-13-22)36-17-6-14-31(2)25(28(36)40)26-29(41)37(18-19-39)27-30(42)35(16-7-15-32(26,27)44-31)20-38-24-9-5-4-8-23(24)33-34-38/h4-15,25-27,39H,3,16-20H2,1-2H3/t25-,26-,27?,31+,32-/m0/s1. The summed E-state index contributed by atoms with van der Waals surface area (Å²) in [7, 11) is 0. The number of likely N-dealkylation sites (tertiary alicyclic amines) is 1. The quantitative estimate of drug-likeness (QED) is 0.403. The number of ether oxygens (including phenoxy) is 1. The van der Waals surface area contributed by atoms with Crippen LogP contribution in [0.3, 0.4) is 0 Å². The van der Waals surface area contributed by atoms with Crippen LogP contribution in [0.2, 0.25) is 0 Å². The van der Waals surface area contributed by atoms with Gasteiger partial charge in [0.05, 0.1) is 35.3 Å². The van der Waals surface area contributed by atoms with Gasteiger partial charge in [-0.05, 0) is 50.2 Å². The van der Waals surface area contributed by atoms with Crippen molar-refractivity contribution in [3.8, 4) is 5.75 Å². The van der Waals surface area contributed by atoms with Crippen LogP contribution in [-0.4, -0.2) is 96.0 Å². The van der Waals surface area contributed by atoms with Gasteiger partial charge in [-0.3, -0.25) is 14.4 Å². The fourth-order valence-corrected chi connectivity index (χ4v) is 9.51. The fraction of sp³-hybridized carbons (Fsp3) is 0.406. The highest BCUT2D eigenvalue weighted by atomic mass is 32.2. The second kappa shape index (κ2) is 10.8. The van der Waals surface area contributed by atoms with Gasteiger partial charge in [0.25, 0.3) is 0 Å². The summed E-state index contributed by atoms with van der Waals surface area (Å²) in [5.41, 5.74) is 2.23. The molecule has 11 nitrogen and oxygen atoms in total. The van der Waals surface area contributed by atoms with E-state index in [9.17, 15) is 19.5 Å². The number of fused-ring (bicyclic) bond motifs is 3. The number of anilines is 1. The van der Waals surface area contributed by atoms with Crippen LogP contribution in [-0.2, 0) is 21.1 Å². The Labute approximate surface area is 259 Å². The predicted molar refractivity (Wildman–Crippen MR) is 166 cm³/mol. The zero-order valence-corrected chi connectivity index (χ0v) is 25.4. The van der Waals surface area contributed by atoms with Crippen molar-refractivity contribution in [2.45, 2.75) is 36.1 Å². The number of β-amino-alcohol motifs (C(OH)–C–C–N with tert-alkyl or cyclic N) is 1. The molecule has 228 valence electrons. The van der Waals surface area contributed by atoms with Gasteiger partial charge in [-0.2, -0.15) is 0 Å². The third kappa shape index (κ3) is 4.26. The highest BCUT2D eigenvalue weighted by molar-refractivity contribution is 8.02. The van der Waals surface area contributed by atoms with Gasteiger partial charge in [0.2, 0.25) is 17.7 Å². The number of para-hydroxylation sites is 1. The van der Waals surface area contributed by atoms with E-state index in [2.05, 4.69) is 10.3 Å². The Morgan fingerprint density at radius 1 is 0.977 bits per heavy atom. The maximum atomic E-state index is 14.5. The van der Waals surface area contributed by atoms with Gasteiger partial charge in [0.1, 0.15) is 24.0 Å². The van der Waals surface area contributed by atoms with Crippen LogP contribution >= 0.6 is 11.8 Å². The van der Waals surface area contributed by atoms with Gasteiger partial charge in [-0.15, -0.1) is 16.9 Å². The second-order valence-corrected chi connectivity index (χ2v) is 13.5. The molecule has 2 fully saturated rings. The first-order chi connectivity index (χ1) is 21.3. The number of aromatic nitrogens is 3. The summed E-state index contributed by atoms with van der Waals surface area (Å²) >= 11 is 1.52. The van der Waals surface area contributed by atoms with E-state index in [1.54, 1.807) is 14.5 Å². The summed E-state index contributed by atoms with van der Waals surface area (Å²) in [5.74, 6) is -1.49. The van der Waals surface area contributed by atoms with Crippen molar-refractivity contribution < 1.29 is 24.2 Å². The zero-order chi connectivity index (χ0) is 30.6. The molecule has 2 aromatic carbocycles. The Balaban J connectivity index is 1.26. The molecule has 3 amide bonds. The predicted octanol–water partition coefficient (Wildman–Crippen LogP) is 2.47. The van der Waals surface area contributed by atoms with Crippen LogP contribution in [0.5, 0.6) is 5.75 Å². The highest BCUT2D eigenvalue weighted by Gasteiger charge is 2.73. The van der Waals surface area contributed by atoms with E-state index in [4.69, 9.17) is 4.74 Å². The lowest BCUT2D eigenvalue weighted by Gasteiger charge is -2.36.